The minimum atomic E-state index is -2.90. The number of guanidine groups is 1. The number of nitrogens with one attached hydrogen (secondary N) is 2. The van der Waals surface area contributed by atoms with E-state index in [4.69, 9.17) is 4.99 Å². The van der Waals surface area contributed by atoms with Gasteiger partial charge < -0.3 is 20.1 Å². The molecule has 0 bridgehead atoms. The Morgan fingerprint density at radius 1 is 1.34 bits per heavy atom. The smallest absolute Gasteiger partial charge is 0.191 e. The van der Waals surface area contributed by atoms with Gasteiger partial charge in [-0.1, -0.05) is 13.8 Å². The number of aliphatic imine (C=N–C) groups is 1. The van der Waals surface area contributed by atoms with Crippen LogP contribution in [-0.4, -0.2) is 73.1 Å². The Balaban J connectivity index is 0.00000420. The molecule has 10 heteroatoms. The predicted molar refractivity (Wildman–Crippen MR) is 130 cm³/mol. The number of sulfone groups is 1. The molecule has 0 radical (unpaired) electrons. The van der Waals surface area contributed by atoms with Crippen LogP contribution in [0.5, 0.6) is 0 Å². The molecule has 2 heterocycles. The molecule has 168 valence electrons. The van der Waals surface area contributed by atoms with E-state index < -0.39 is 9.84 Å². The summed E-state index contributed by atoms with van der Waals surface area (Å²) in [5, 5.41) is 6.85. The summed E-state index contributed by atoms with van der Waals surface area (Å²) < 4.78 is 24.8. The first-order valence-corrected chi connectivity index (χ1v) is 12.3. The Morgan fingerprint density at radius 3 is 2.62 bits per heavy atom. The molecule has 1 aliphatic heterocycles. The Hall–Kier alpha value is -0.880. The van der Waals surface area contributed by atoms with Gasteiger partial charge in [-0.2, -0.15) is 0 Å². The average molecular weight is 541 g/mol. The molecule has 0 saturated carbocycles. The molecule has 0 spiro atoms. The van der Waals surface area contributed by atoms with Crippen molar-refractivity contribution in [2.75, 3.05) is 38.2 Å². The summed E-state index contributed by atoms with van der Waals surface area (Å²) in [6.45, 7) is 11.2. The van der Waals surface area contributed by atoms with Gasteiger partial charge in [-0.3, -0.25) is 0 Å². The van der Waals surface area contributed by atoms with Crippen LogP contribution in [0, 0.1) is 5.92 Å². The van der Waals surface area contributed by atoms with Crippen molar-refractivity contribution in [3.8, 4) is 0 Å². The van der Waals surface area contributed by atoms with Crippen LogP contribution >= 0.6 is 24.0 Å². The van der Waals surface area contributed by atoms with E-state index in [1.54, 1.807) is 0 Å². The average Bonchev–Trinajstić information content (AvgIpc) is 3.05. The fourth-order valence-corrected chi connectivity index (χ4v) is 3.90. The number of likely N-dealkylation sites (tertiary alicyclic amines) is 1. The maximum Gasteiger partial charge on any atom is 0.191 e. The van der Waals surface area contributed by atoms with E-state index in [0.29, 0.717) is 25.0 Å². The molecule has 2 N–H and O–H groups in total. The molecule has 29 heavy (non-hydrogen) atoms. The van der Waals surface area contributed by atoms with Gasteiger partial charge in [0.1, 0.15) is 22.2 Å². The third-order valence-corrected chi connectivity index (χ3v) is 5.72. The first kappa shape index (κ1) is 26.2. The second-order valence-corrected chi connectivity index (χ2v) is 10.2. The third kappa shape index (κ3) is 10.1. The first-order valence-electron chi connectivity index (χ1n) is 10.2. The molecule has 2 rings (SSSR count). The lowest BCUT2D eigenvalue weighted by Crippen LogP contribution is -2.49. The lowest BCUT2D eigenvalue weighted by Gasteiger charge is -2.32. The Bertz CT molecular complexity index is 727. The molecule has 1 fully saturated rings. The molecule has 1 aromatic rings. The number of halogens is 1. The molecule has 1 aliphatic rings. The largest absolute Gasteiger partial charge is 0.357 e. The highest BCUT2D eigenvalue weighted by atomic mass is 127. The van der Waals surface area contributed by atoms with Crippen molar-refractivity contribution in [1.82, 2.24) is 25.1 Å². The highest BCUT2D eigenvalue weighted by Crippen LogP contribution is 2.11. The van der Waals surface area contributed by atoms with Crippen LogP contribution in [0.2, 0.25) is 0 Å². The quantitative estimate of drug-likeness (QED) is 0.282. The lowest BCUT2D eigenvalue weighted by atomic mass is 10.1. The zero-order valence-electron chi connectivity index (χ0n) is 18.1. The number of hydrogen-bond donors (Lipinski definition) is 2. The van der Waals surface area contributed by atoms with Gasteiger partial charge in [-0.25, -0.2) is 18.4 Å². The molecular weight excluding hydrogens is 503 g/mol. The number of piperidine rings is 1. The highest BCUT2D eigenvalue weighted by molar-refractivity contribution is 14.0. The summed E-state index contributed by atoms with van der Waals surface area (Å²) in [5.41, 5.74) is 0. The van der Waals surface area contributed by atoms with Gasteiger partial charge in [0.25, 0.3) is 0 Å². The fourth-order valence-electron chi connectivity index (χ4n) is 3.31. The Labute approximate surface area is 192 Å². The Kier molecular flexibility index (Phi) is 11.5. The van der Waals surface area contributed by atoms with Crippen molar-refractivity contribution in [3.63, 3.8) is 0 Å². The highest BCUT2D eigenvalue weighted by Gasteiger charge is 2.20. The minimum Gasteiger partial charge on any atom is -0.357 e. The lowest BCUT2D eigenvalue weighted by molar-refractivity contribution is 0.216. The first-order chi connectivity index (χ1) is 13.3. The SMILES string of the molecule is CCNC(=NCc1nccn1CC(C)C)NC1CCN(CCS(C)(=O)=O)CC1.I. The summed E-state index contributed by atoms with van der Waals surface area (Å²) in [6.07, 6.45) is 7.11. The monoisotopic (exact) mass is 540 g/mol. The van der Waals surface area contributed by atoms with E-state index in [1.165, 1.54) is 6.26 Å². The van der Waals surface area contributed by atoms with Crippen molar-refractivity contribution >= 4 is 39.8 Å². The molecule has 1 saturated heterocycles. The number of aromatic nitrogens is 2. The molecule has 0 atom stereocenters. The van der Waals surface area contributed by atoms with Crippen molar-refractivity contribution in [3.05, 3.63) is 18.2 Å². The van der Waals surface area contributed by atoms with Crippen LogP contribution < -0.4 is 10.6 Å². The standard InChI is InChI=1S/C19H36N6O2S.HI/c1-5-20-19(22-14-18-21-8-11-25(18)15-16(2)3)23-17-6-9-24(10-7-17)12-13-28(4,26)27;/h8,11,16-17H,5-7,9-10,12-15H2,1-4H3,(H2,20,22,23);1H. The van der Waals surface area contributed by atoms with Crippen LogP contribution in [0.3, 0.4) is 0 Å². The zero-order chi connectivity index (χ0) is 20.6. The van der Waals surface area contributed by atoms with Crippen molar-refractivity contribution < 1.29 is 8.42 Å². The maximum atomic E-state index is 11.3. The number of rotatable bonds is 9. The van der Waals surface area contributed by atoms with Gasteiger partial charge in [-0.05, 0) is 25.7 Å². The number of nitrogens with zero attached hydrogens (tertiary/aromatic N) is 4. The molecule has 0 unspecified atom stereocenters. The van der Waals surface area contributed by atoms with Gasteiger partial charge in [-0.15, -0.1) is 24.0 Å². The van der Waals surface area contributed by atoms with Crippen LogP contribution in [0.1, 0.15) is 39.4 Å². The van der Waals surface area contributed by atoms with Crippen LogP contribution in [0.25, 0.3) is 0 Å². The second-order valence-electron chi connectivity index (χ2n) is 7.97. The van der Waals surface area contributed by atoms with E-state index in [-0.39, 0.29) is 29.7 Å². The van der Waals surface area contributed by atoms with E-state index in [9.17, 15) is 8.42 Å². The summed E-state index contributed by atoms with van der Waals surface area (Å²) in [4.78, 5) is 11.4. The van der Waals surface area contributed by atoms with Crippen molar-refractivity contribution in [2.24, 2.45) is 10.9 Å². The zero-order valence-corrected chi connectivity index (χ0v) is 21.2. The molecule has 1 aromatic heterocycles. The van der Waals surface area contributed by atoms with Crippen LogP contribution in [-0.2, 0) is 22.9 Å². The topological polar surface area (TPSA) is 91.6 Å². The number of hydrogen-bond acceptors (Lipinski definition) is 5. The Morgan fingerprint density at radius 2 is 2.03 bits per heavy atom. The van der Waals surface area contributed by atoms with Crippen LogP contribution in [0.4, 0.5) is 0 Å². The van der Waals surface area contributed by atoms with E-state index in [0.717, 1.165) is 50.8 Å². The minimum absolute atomic E-state index is 0. The summed E-state index contributed by atoms with van der Waals surface area (Å²) in [6, 6.07) is 0.350. The fraction of sp³-hybridized carbons (Fsp3) is 0.789. The summed E-state index contributed by atoms with van der Waals surface area (Å²) in [5.74, 6) is 2.59. The van der Waals surface area contributed by atoms with E-state index >= 15 is 0 Å². The van der Waals surface area contributed by atoms with Crippen molar-refractivity contribution in [1.29, 1.82) is 0 Å². The van der Waals surface area contributed by atoms with Crippen molar-refractivity contribution in [2.45, 2.75) is 52.7 Å². The maximum absolute atomic E-state index is 11.3. The predicted octanol–water partition coefficient (Wildman–Crippen LogP) is 1.72. The summed E-state index contributed by atoms with van der Waals surface area (Å²) in [7, 11) is -2.90. The van der Waals surface area contributed by atoms with Gasteiger partial charge in [0.15, 0.2) is 5.96 Å². The van der Waals surface area contributed by atoms with Gasteiger partial charge in [0, 0.05) is 57.4 Å². The molecular formula is C19H37IN6O2S. The normalized spacial score (nSPS) is 16.7. The molecule has 0 aromatic carbocycles. The number of imidazole rings is 1. The molecule has 0 aliphatic carbocycles. The third-order valence-electron chi connectivity index (χ3n) is 4.79. The summed E-state index contributed by atoms with van der Waals surface area (Å²) >= 11 is 0. The van der Waals surface area contributed by atoms with E-state index in [1.807, 2.05) is 12.4 Å². The van der Waals surface area contributed by atoms with E-state index in [2.05, 4.69) is 45.9 Å². The van der Waals surface area contributed by atoms with Crippen LogP contribution in [0.15, 0.2) is 17.4 Å². The van der Waals surface area contributed by atoms with Gasteiger partial charge in [0.05, 0.1) is 5.75 Å². The second kappa shape index (κ2) is 12.7. The molecule has 0 amide bonds. The van der Waals surface area contributed by atoms with Gasteiger partial charge >= 0.3 is 0 Å². The van der Waals surface area contributed by atoms with Gasteiger partial charge in [0.2, 0.25) is 0 Å². The molecule has 8 nitrogen and oxygen atoms in total.